The molecule has 4 rings (SSSR count). The average molecular weight is 437 g/mol. The average Bonchev–Trinajstić information content (AvgIpc) is 3.17. The molecule has 0 amide bonds. The van der Waals surface area contributed by atoms with Gasteiger partial charge in [0.2, 0.25) is 10.0 Å². The summed E-state index contributed by atoms with van der Waals surface area (Å²) in [6, 6.07) is 13.9. The van der Waals surface area contributed by atoms with Crippen molar-refractivity contribution in [3.63, 3.8) is 0 Å². The van der Waals surface area contributed by atoms with Gasteiger partial charge in [0.05, 0.1) is 16.0 Å². The van der Waals surface area contributed by atoms with E-state index in [1.807, 2.05) is 12.1 Å². The molecule has 1 unspecified atom stereocenters. The third-order valence-corrected chi connectivity index (χ3v) is 7.89. The second kappa shape index (κ2) is 8.62. The zero-order chi connectivity index (χ0) is 20.4. The van der Waals surface area contributed by atoms with Crippen LogP contribution in [0.5, 0.6) is 11.5 Å². The molecule has 2 fully saturated rings. The van der Waals surface area contributed by atoms with Gasteiger partial charge in [0, 0.05) is 32.2 Å². The summed E-state index contributed by atoms with van der Waals surface area (Å²) in [5, 5.41) is 10.2. The molecule has 2 aliphatic heterocycles. The molecule has 0 aliphatic carbocycles. The van der Waals surface area contributed by atoms with Crippen molar-refractivity contribution in [2.24, 2.45) is 0 Å². The van der Waals surface area contributed by atoms with Crippen molar-refractivity contribution < 1.29 is 18.3 Å². The molecule has 6 nitrogen and oxygen atoms in total. The second-order valence-electron chi connectivity index (χ2n) is 7.58. The molecule has 2 aliphatic rings. The lowest BCUT2D eigenvalue weighted by molar-refractivity contribution is 0.132. The van der Waals surface area contributed by atoms with Crippen LogP contribution in [0.3, 0.4) is 0 Å². The Kier molecular flexibility index (Phi) is 6.13. The van der Waals surface area contributed by atoms with Crippen molar-refractivity contribution in [1.29, 1.82) is 0 Å². The molecule has 0 saturated carbocycles. The highest BCUT2D eigenvalue weighted by atomic mass is 35.5. The molecule has 1 N–H and O–H groups in total. The fraction of sp³-hybridized carbons (Fsp3) is 0.429. The molecule has 8 heteroatoms. The third-order valence-electron chi connectivity index (χ3n) is 5.66. The highest BCUT2D eigenvalue weighted by Crippen LogP contribution is 2.30. The molecule has 29 heavy (non-hydrogen) atoms. The normalized spacial score (nSPS) is 22.1. The molecule has 0 bridgehead atoms. The Morgan fingerprint density at radius 3 is 2.28 bits per heavy atom. The number of hydrogen-bond donors (Lipinski definition) is 1. The van der Waals surface area contributed by atoms with E-state index in [1.165, 1.54) is 0 Å². The fourth-order valence-electron chi connectivity index (χ4n) is 4.03. The predicted molar refractivity (Wildman–Crippen MR) is 112 cm³/mol. The minimum atomic E-state index is -3.53. The molecule has 2 aromatic rings. The first-order chi connectivity index (χ1) is 13.9. The highest BCUT2D eigenvalue weighted by molar-refractivity contribution is 7.89. The summed E-state index contributed by atoms with van der Waals surface area (Å²) >= 11 is 6.10. The zero-order valence-corrected chi connectivity index (χ0v) is 17.6. The number of ether oxygens (including phenoxy) is 1. The quantitative estimate of drug-likeness (QED) is 0.778. The van der Waals surface area contributed by atoms with E-state index in [9.17, 15) is 13.5 Å². The number of β-amino-alcohol motifs (C(OH)–C–C–N with tert-alkyl or cyclic N) is 1. The number of likely N-dealkylation sites (tertiary alicyclic amines) is 1. The van der Waals surface area contributed by atoms with Crippen LogP contribution in [0, 0.1) is 0 Å². The lowest BCUT2D eigenvalue weighted by Crippen LogP contribution is -2.46. The van der Waals surface area contributed by atoms with Gasteiger partial charge in [0.25, 0.3) is 0 Å². The number of rotatable bonds is 5. The van der Waals surface area contributed by atoms with E-state index in [1.54, 1.807) is 40.7 Å². The van der Waals surface area contributed by atoms with Crippen LogP contribution in [0.4, 0.5) is 0 Å². The number of aliphatic hydroxyl groups excluding tert-OH is 1. The van der Waals surface area contributed by atoms with Gasteiger partial charge in [0.15, 0.2) is 0 Å². The van der Waals surface area contributed by atoms with E-state index >= 15 is 0 Å². The van der Waals surface area contributed by atoms with E-state index < -0.39 is 10.0 Å². The van der Waals surface area contributed by atoms with Crippen molar-refractivity contribution in [3.05, 3.63) is 53.6 Å². The van der Waals surface area contributed by atoms with Gasteiger partial charge in [-0.05, 0) is 55.7 Å². The molecule has 0 radical (unpaired) electrons. The van der Waals surface area contributed by atoms with Crippen molar-refractivity contribution in [2.75, 3.05) is 26.2 Å². The van der Waals surface area contributed by atoms with Gasteiger partial charge >= 0.3 is 0 Å². The number of nitrogens with zero attached hydrogens (tertiary/aromatic N) is 2. The van der Waals surface area contributed by atoms with Crippen LogP contribution >= 0.6 is 11.6 Å². The predicted octanol–water partition coefficient (Wildman–Crippen LogP) is 3.35. The summed E-state index contributed by atoms with van der Waals surface area (Å²) in [6.07, 6.45) is 2.14. The summed E-state index contributed by atoms with van der Waals surface area (Å²) in [5.41, 5.74) is 0. The van der Waals surface area contributed by atoms with E-state index in [2.05, 4.69) is 4.90 Å². The SMILES string of the molecule is O=S(=O)(c1ccc(Oc2ccccc2Cl)cc1)N1CCC(N2CCC(O)C2)CC1. The summed E-state index contributed by atoms with van der Waals surface area (Å²) < 4.78 is 33.3. The van der Waals surface area contributed by atoms with Crippen LogP contribution < -0.4 is 4.74 Å². The van der Waals surface area contributed by atoms with Crippen molar-refractivity contribution >= 4 is 21.6 Å². The number of para-hydroxylation sites is 1. The Morgan fingerprint density at radius 1 is 0.966 bits per heavy atom. The van der Waals surface area contributed by atoms with Gasteiger partial charge in [-0.2, -0.15) is 4.31 Å². The minimum absolute atomic E-state index is 0.247. The van der Waals surface area contributed by atoms with Gasteiger partial charge < -0.3 is 9.84 Å². The maximum atomic E-state index is 13.0. The van der Waals surface area contributed by atoms with Gasteiger partial charge in [-0.3, -0.25) is 4.90 Å². The van der Waals surface area contributed by atoms with Crippen LogP contribution in [-0.2, 0) is 10.0 Å². The lowest BCUT2D eigenvalue weighted by atomic mass is 10.1. The number of piperidine rings is 1. The van der Waals surface area contributed by atoms with E-state index in [0.29, 0.717) is 42.2 Å². The Labute approximate surface area is 176 Å². The summed E-state index contributed by atoms with van der Waals surface area (Å²) in [6.45, 7) is 2.59. The number of sulfonamides is 1. The van der Waals surface area contributed by atoms with Crippen LogP contribution in [-0.4, -0.2) is 61.1 Å². The summed E-state index contributed by atoms with van der Waals surface area (Å²) in [7, 11) is -3.53. The molecular formula is C21H25ClN2O4S. The lowest BCUT2D eigenvalue weighted by Gasteiger charge is -2.36. The van der Waals surface area contributed by atoms with Gasteiger partial charge in [0.1, 0.15) is 11.5 Å². The number of benzene rings is 2. The van der Waals surface area contributed by atoms with Crippen molar-refractivity contribution in [1.82, 2.24) is 9.21 Å². The third kappa shape index (κ3) is 4.59. The smallest absolute Gasteiger partial charge is 0.243 e. The number of halogens is 1. The Morgan fingerprint density at radius 2 is 1.66 bits per heavy atom. The topological polar surface area (TPSA) is 70.1 Å². The summed E-state index contributed by atoms with van der Waals surface area (Å²) in [4.78, 5) is 2.55. The molecular weight excluding hydrogens is 412 g/mol. The summed E-state index contributed by atoms with van der Waals surface area (Å²) in [5.74, 6) is 1.06. The largest absolute Gasteiger partial charge is 0.456 e. The standard InChI is InChI=1S/C21H25ClN2O4S/c22-20-3-1-2-4-21(20)28-18-5-7-19(8-6-18)29(26,27)24-13-9-16(10-14-24)23-12-11-17(25)15-23/h1-8,16-17,25H,9-15H2. The molecule has 156 valence electrons. The van der Waals surface area contributed by atoms with Gasteiger partial charge in [-0.1, -0.05) is 23.7 Å². The molecule has 2 heterocycles. The molecule has 0 spiro atoms. The number of aliphatic hydroxyl groups is 1. The first-order valence-corrected chi connectivity index (χ1v) is 11.7. The van der Waals surface area contributed by atoms with Crippen molar-refractivity contribution in [3.8, 4) is 11.5 Å². The second-order valence-corrected chi connectivity index (χ2v) is 9.92. The molecule has 2 aromatic carbocycles. The van der Waals surface area contributed by atoms with E-state index in [0.717, 1.165) is 25.8 Å². The molecule has 1 atom stereocenters. The van der Waals surface area contributed by atoms with Crippen LogP contribution in [0.15, 0.2) is 53.4 Å². The molecule has 2 saturated heterocycles. The monoisotopic (exact) mass is 436 g/mol. The Bertz CT molecular complexity index is 943. The zero-order valence-electron chi connectivity index (χ0n) is 16.1. The maximum Gasteiger partial charge on any atom is 0.243 e. The van der Waals surface area contributed by atoms with Crippen LogP contribution in [0.2, 0.25) is 5.02 Å². The van der Waals surface area contributed by atoms with Gasteiger partial charge in [-0.15, -0.1) is 0 Å². The maximum absolute atomic E-state index is 13.0. The van der Waals surface area contributed by atoms with E-state index in [4.69, 9.17) is 16.3 Å². The van der Waals surface area contributed by atoms with E-state index in [-0.39, 0.29) is 11.0 Å². The first-order valence-electron chi connectivity index (χ1n) is 9.88. The molecule has 0 aromatic heterocycles. The number of hydrogen-bond acceptors (Lipinski definition) is 5. The van der Waals surface area contributed by atoms with Crippen LogP contribution in [0.25, 0.3) is 0 Å². The van der Waals surface area contributed by atoms with Crippen molar-refractivity contribution in [2.45, 2.75) is 36.3 Å². The minimum Gasteiger partial charge on any atom is -0.456 e. The van der Waals surface area contributed by atoms with Crippen LogP contribution in [0.1, 0.15) is 19.3 Å². The first kappa shape index (κ1) is 20.6. The Balaban J connectivity index is 1.39. The Hall–Kier alpha value is -1.64. The fourth-order valence-corrected chi connectivity index (χ4v) is 5.67. The van der Waals surface area contributed by atoms with Gasteiger partial charge in [-0.25, -0.2) is 8.42 Å². The highest BCUT2D eigenvalue weighted by Gasteiger charge is 2.34.